The van der Waals surface area contributed by atoms with Crippen LogP contribution in [-0.4, -0.2) is 43.6 Å². The van der Waals surface area contributed by atoms with Crippen LogP contribution in [-0.2, 0) is 24.2 Å². The van der Waals surface area contributed by atoms with Crippen molar-refractivity contribution >= 4 is 5.91 Å². The summed E-state index contributed by atoms with van der Waals surface area (Å²) in [6.45, 7) is 1.29. The molecule has 2 aromatic heterocycles. The number of amides is 1. The Kier molecular flexibility index (Phi) is 3.73. The maximum absolute atomic E-state index is 12.0. The van der Waals surface area contributed by atoms with E-state index in [4.69, 9.17) is 0 Å². The molecule has 20 heavy (non-hydrogen) atoms. The van der Waals surface area contributed by atoms with Crippen molar-refractivity contribution < 1.29 is 4.79 Å². The molecule has 0 saturated carbocycles. The molecule has 0 saturated heterocycles. The number of carbonyl (C=O) groups is 1. The Bertz CT molecular complexity index is 562. The first kappa shape index (κ1) is 12.8. The van der Waals surface area contributed by atoms with Gasteiger partial charge < -0.3 is 10.3 Å². The van der Waals surface area contributed by atoms with Gasteiger partial charge in [-0.1, -0.05) is 0 Å². The fraction of sp³-hybridized carbons (Fsp3) is 0.500. The van der Waals surface area contributed by atoms with Crippen LogP contribution < -0.4 is 10.6 Å². The van der Waals surface area contributed by atoms with Crippen LogP contribution in [0.4, 0.5) is 0 Å². The third-order valence-corrected chi connectivity index (χ3v) is 3.40. The van der Waals surface area contributed by atoms with E-state index in [-0.39, 0.29) is 11.9 Å². The van der Waals surface area contributed by atoms with E-state index < -0.39 is 0 Å². The summed E-state index contributed by atoms with van der Waals surface area (Å²) in [7, 11) is 0. The minimum atomic E-state index is -0.198. The van der Waals surface area contributed by atoms with Crippen molar-refractivity contribution in [1.29, 1.82) is 0 Å². The van der Waals surface area contributed by atoms with Crippen molar-refractivity contribution in [3.05, 3.63) is 29.9 Å². The van der Waals surface area contributed by atoms with Crippen molar-refractivity contribution in [2.45, 2.75) is 31.8 Å². The lowest BCUT2D eigenvalue weighted by Gasteiger charge is -2.22. The Morgan fingerprint density at radius 2 is 2.40 bits per heavy atom. The highest BCUT2D eigenvalue weighted by Crippen LogP contribution is 2.11. The van der Waals surface area contributed by atoms with Crippen molar-refractivity contribution in [3.8, 4) is 0 Å². The molecule has 1 unspecified atom stereocenters. The molecule has 3 heterocycles. The van der Waals surface area contributed by atoms with Gasteiger partial charge in [-0.3, -0.25) is 15.2 Å². The predicted molar refractivity (Wildman–Crippen MR) is 70.6 cm³/mol. The number of aromatic nitrogens is 5. The van der Waals surface area contributed by atoms with Crippen LogP contribution in [0.25, 0.3) is 0 Å². The number of hydrogen-bond donors (Lipinski definition) is 4. The molecule has 1 atom stereocenters. The molecule has 3 rings (SSSR count). The quantitative estimate of drug-likeness (QED) is 0.539. The van der Waals surface area contributed by atoms with Gasteiger partial charge in [0.1, 0.15) is 12.2 Å². The molecule has 8 heteroatoms. The largest absolute Gasteiger partial charge is 0.355 e. The smallest absolute Gasteiger partial charge is 0.237 e. The Hall–Kier alpha value is -2.22. The topological polar surface area (TPSA) is 111 Å². The van der Waals surface area contributed by atoms with Crippen LogP contribution in [0, 0.1) is 0 Å². The monoisotopic (exact) mass is 275 g/mol. The second-order valence-corrected chi connectivity index (χ2v) is 4.79. The zero-order valence-corrected chi connectivity index (χ0v) is 11.0. The molecule has 106 valence electrons. The number of aromatic amines is 2. The number of nitrogens with zero attached hydrogens (tertiary/aromatic N) is 3. The summed E-state index contributed by atoms with van der Waals surface area (Å²) in [6.07, 6.45) is 5.40. The Morgan fingerprint density at radius 1 is 1.45 bits per heavy atom. The van der Waals surface area contributed by atoms with Crippen LogP contribution in [0.15, 0.2) is 12.7 Å². The van der Waals surface area contributed by atoms with E-state index in [2.05, 4.69) is 35.8 Å². The van der Waals surface area contributed by atoms with Crippen LogP contribution >= 0.6 is 0 Å². The van der Waals surface area contributed by atoms with E-state index in [1.54, 1.807) is 6.33 Å². The van der Waals surface area contributed by atoms with Crippen molar-refractivity contribution in [3.63, 3.8) is 0 Å². The number of fused-ring (bicyclic) bond motifs is 1. The summed E-state index contributed by atoms with van der Waals surface area (Å²) in [5.41, 5.74) is 2.05. The van der Waals surface area contributed by atoms with Crippen molar-refractivity contribution in [2.24, 2.45) is 0 Å². The molecular weight excluding hydrogens is 258 g/mol. The molecule has 0 radical (unpaired) electrons. The number of nitrogens with one attached hydrogen (secondary N) is 4. The molecule has 0 spiro atoms. The lowest BCUT2D eigenvalue weighted by Crippen LogP contribution is -2.47. The molecule has 2 aromatic rings. The second-order valence-electron chi connectivity index (χ2n) is 4.79. The van der Waals surface area contributed by atoms with Crippen molar-refractivity contribution in [1.82, 2.24) is 35.8 Å². The highest BCUT2D eigenvalue weighted by atomic mass is 16.2. The van der Waals surface area contributed by atoms with Gasteiger partial charge in [-0.15, -0.1) is 0 Å². The van der Waals surface area contributed by atoms with Gasteiger partial charge in [0.05, 0.1) is 23.8 Å². The minimum absolute atomic E-state index is 0.0243. The van der Waals surface area contributed by atoms with Crippen LogP contribution in [0.5, 0.6) is 0 Å². The van der Waals surface area contributed by atoms with E-state index >= 15 is 0 Å². The first-order chi connectivity index (χ1) is 9.83. The van der Waals surface area contributed by atoms with Gasteiger partial charge in [-0.2, -0.15) is 5.10 Å². The van der Waals surface area contributed by atoms with Crippen LogP contribution in [0.1, 0.15) is 23.6 Å². The molecule has 1 aliphatic heterocycles. The SMILES string of the molecule is O=C(NCCCc1ncn[nH]1)C1Cc2nc[nH]c2CN1. The summed E-state index contributed by atoms with van der Waals surface area (Å²) < 4.78 is 0. The summed E-state index contributed by atoms with van der Waals surface area (Å²) >= 11 is 0. The van der Waals surface area contributed by atoms with Crippen LogP contribution in [0.2, 0.25) is 0 Å². The highest BCUT2D eigenvalue weighted by Gasteiger charge is 2.25. The molecule has 1 amide bonds. The Balaban J connectivity index is 1.41. The number of rotatable bonds is 5. The molecule has 0 bridgehead atoms. The average Bonchev–Trinajstić information content (AvgIpc) is 3.13. The number of aryl methyl sites for hydroxylation is 1. The Labute approximate surface area is 115 Å². The molecule has 8 nitrogen and oxygen atoms in total. The molecular formula is C12H17N7O. The predicted octanol–water partition coefficient (Wildman–Crippen LogP) is -0.709. The summed E-state index contributed by atoms with van der Waals surface area (Å²) in [4.78, 5) is 23.4. The fourth-order valence-corrected chi connectivity index (χ4v) is 2.30. The second kappa shape index (κ2) is 5.83. The van der Waals surface area contributed by atoms with Crippen molar-refractivity contribution in [2.75, 3.05) is 6.54 Å². The number of imidazole rings is 1. The van der Waals surface area contributed by atoms with Gasteiger partial charge in [0.25, 0.3) is 0 Å². The third kappa shape index (κ3) is 2.85. The first-order valence-corrected chi connectivity index (χ1v) is 6.69. The first-order valence-electron chi connectivity index (χ1n) is 6.69. The fourth-order valence-electron chi connectivity index (χ4n) is 2.30. The summed E-state index contributed by atoms with van der Waals surface area (Å²) in [5, 5.41) is 12.7. The van der Waals surface area contributed by atoms with Gasteiger partial charge in [-0.25, -0.2) is 9.97 Å². The maximum Gasteiger partial charge on any atom is 0.237 e. The van der Waals surface area contributed by atoms with E-state index in [0.717, 1.165) is 30.1 Å². The summed E-state index contributed by atoms with van der Waals surface area (Å²) in [5.74, 6) is 0.868. The van der Waals surface area contributed by atoms with Gasteiger partial charge in [0.2, 0.25) is 5.91 Å². The highest BCUT2D eigenvalue weighted by molar-refractivity contribution is 5.82. The molecule has 1 aliphatic rings. The van der Waals surface area contributed by atoms with E-state index in [0.29, 0.717) is 19.5 Å². The van der Waals surface area contributed by atoms with Crippen LogP contribution in [0.3, 0.4) is 0 Å². The Morgan fingerprint density at radius 3 is 3.25 bits per heavy atom. The molecule has 4 N–H and O–H groups in total. The van der Waals surface area contributed by atoms with Gasteiger partial charge >= 0.3 is 0 Å². The van der Waals surface area contributed by atoms with E-state index in [1.165, 1.54) is 6.33 Å². The number of carbonyl (C=O) groups excluding carboxylic acids is 1. The van der Waals surface area contributed by atoms with Gasteiger partial charge in [0, 0.05) is 25.9 Å². The lowest BCUT2D eigenvalue weighted by atomic mass is 10.0. The minimum Gasteiger partial charge on any atom is -0.355 e. The normalized spacial score (nSPS) is 17.7. The van der Waals surface area contributed by atoms with Gasteiger partial charge in [-0.05, 0) is 6.42 Å². The van der Waals surface area contributed by atoms with E-state index in [9.17, 15) is 4.79 Å². The average molecular weight is 275 g/mol. The van der Waals surface area contributed by atoms with Gasteiger partial charge in [0.15, 0.2) is 0 Å². The van der Waals surface area contributed by atoms with E-state index in [1.807, 2.05) is 0 Å². The molecule has 0 aromatic carbocycles. The molecule has 0 fully saturated rings. The lowest BCUT2D eigenvalue weighted by molar-refractivity contribution is -0.123. The zero-order chi connectivity index (χ0) is 13.8. The third-order valence-electron chi connectivity index (χ3n) is 3.40. The number of H-pyrrole nitrogens is 2. The summed E-state index contributed by atoms with van der Waals surface area (Å²) in [6, 6.07) is -0.198. The maximum atomic E-state index is 12.0. The number of hydrogen-bond acceptors (Lipinski definition) is 5. The molecule has 0 aliphatic carbocycles. The standard InChI is InChI=1S/C12H17N7O/c20-12(13-3-1-2-11-17-7-18-19-11)9-4-8-10(5-14-9)16-6-15-8/h6-7,9,14H,1-5H2,(H,13,20)(H,15,16)(H,17,18,19). The zero-order valence-electron chi connectivity index (χ0n) is 11.0.